The van der Waals surface area contributed by atoms with Crippen molar-refractivity contribution < 1.29 is 13.6 Å². The normalized spacial score (nSPS) is 11.9. The molecule has 1 heterocycles. The molecule has 0 fully saturated rings. The summed E-state index contributed by atoms with van der Waals surface area (Å²) in [5, 5.41) is 15.6. The van der Waals surface area contributed by atoms with Gasteiger partial charge in [-0.1, -0.05) is 0 Å². The van der Waals surface area contributed by atoms with Crippen molar-refractivity contribution in [3.63, 3.8) is 0 Å². The lowest BCUT2D eigenvalue weighted by Gasteiger charge is -2.13. The van der Waals surface area contributed by atoms with E-state index in [1.807, 2.05) is 0 Å². The van der Waals surface area contributed by atoms with Crippen LogP contribution in [0.2, 0.25) is 0 Å². The standard InChI is InChI=1S/C9H11N3O3S2/c1-2-12(13)6-3-4-8-7(5-6)11-9(16-8)17(10,14)15/h3-5,13H,2H2,1H3,(H2,10,14,15). The van der Waals surface area contributed by atoms with Gasteiger partial charge in [-0.2, -0.15) is 0 Å². The smallest absolute Gasteiger partial charge is 0.265 e. The second kappa shape index (κ2) is 4.22. The Morgan fingerprint density at radius 3 is 2.82 bits per heavy atom. The van der Waals surface area contributed by atoms with Gasteiger partial charge >= 0.3 is 0 Å². The van der Waals surface area contributed by atoms with E-state index in [0.29, 0.717) is 22.4 Å². The van der Waals surface area contributed by atoms with E-state index in [9.17, 15) is 13.6 Å². The fourth-order valence-corrected chi connectivity index (χ4v) is 3.00. The minimum Gasteiger partial charge on any atom is -0.288 e. The van der Waals surface area contributed by atoms with E-state index < -0.39 is 10.0 Å². The molecule has 0 spiro atoms. The van der Waals surface area contributed by atoms with E-state index in [-0.39, 0.29) is 4.34 Å². The Kier molecular flexibility index (Phi) is 3.04. The highest BCUT2D eigenvalue weighted by Gasteiger charge is 2.15. The summed E-state index contributed by atoms with van der Waals surface area (Å²) in [4.78, 5) is 3.93. The Balaban J connectivity index is 2.56. The number of benzene rings is 1. The molecule has 2 aromatic rings. The maximum absolute atomic E-state index is 11.1. The van der Waals surface area contributed by atoms with E-state index in [4.69, 9.17) is 5.14 Å². The molecular formula is C9H11N3O3S2. The van der Waals surface area contributed by atoms with Crippen LogP contribution >= 0.6 is 11.3 Å². The number of anilines is 1. The number of hydrogen-bond acceptors (Lipinski definition) is 6. The van der Waals surface area contributed by atoms with Gasteiger partial charge in [-0.3, -0.25) is 10.3 Å². The van der Waals surface area contributed by atoms with Crippen LogP contribution in [0.1, 0.15) is 6.92 Å². The zero-order chi connectivity index (χ0) is 12.6. The summed E-state index contributed by atoms with van der Waals surface area (Å²) in [6.45, 7) is 2.22. The summed E-state index contributed by atoms with van der Waals surface area (Å²) in [7, 11) is -3.77. The Morgan fingerprint density at radius 1 is 1.53 bits per heavy atom. The van der Waals surface area contributed by atoms with Gasteiger partial charge in [-0.25, -0.2) is 18.5 Å². The van der Waals surface area contributed by atoms with Gasteiger partial charge in [0.15, 0.2) is 0 Å². The maximum atomic E-state index is 11.1. The summed E-state index contributed by atoms with van der Waals surface area (Å²) in [5.41, 5.74) is 1.07. The lowest BCUT2D eigenvalue weighted by Crippen LogP contribution is -2.16. The number of sulfonamides is 1. The van der Waals surface area contributed by atoms with Crippen LogP contribution in [0.25, 0.3) is 10.2 Å². The van der Waals surface area contributed by atoms with Gasteiger partial charge < -0.3 is 0 Å². The average Bonchev–Trinajstić information content (AvgIpc) is 2.70. The van der Waals surface area contributed by atoms with Gasteiger partial charge in [-0.05, 0) is 25.1 Å². The van der Waals surface area contributed by atoms with Crippen LogP contribution in [0.3, 0.4) is 0 Å². The third kappa shape index (κ3) is 2.39. The van der Waals surface area contributed by atoms with Crippen LogP contribution in [0.15, 0.2) is 22.5 Å². The lowest BCUT2D eigenvalue weighted by molar-refractivity contribution is 0.260. The molecule has 3 N–H and O–H groups in total. The molecule has 0 unspecified atom stereocenters. The van der Waals surface area contributed by atoms with Crippen molar-refractivity contribution in [2.45, 2.75) is 11.3 Å². The summed E-state index contributed by atoms with van der Waals surface area (Å²) >= 11 is 1.01. The molecule has 17 heavy (non-hydrogen) atoms. The largest absolute Gasteiger partial charge is 0.288 e. The van der Waals surface area contributed by atoms with E-state index >= 15 is 0 Å². The number of rotatable bonds is 3. The minimum atomic E-state index is -3.77. The summed E-state index contributed by atoms with van der Waals surface area (Å²) in [6.07, 6.45) is 0. The Labute approximate surface area is 102 Å². The molecule has 0 aliphatic carbocycles. The molecule has 92 valence electrons. The second-order valence-electron chi connectivity index (χ2n) is 3.39. The molecule has 2 rings (SSSR count). The first kappa shape index (κ1) is 12.2. The summed E-state index contributed by atoms with van der Waals surface area (Å²) < 4.78 is 22.9. The maximum Gasteiger partial charge on any atom is 0.265 e. The van der Waals surface area contributed by atoms with Gasteiger partial charge in [0.25, 0.3) is 10.0 Å². The molecule has 0 aliphatic rings. The van der Waals surface area contributed by atoms with Crippen LogP contribution in [0.5, 0.6) is 0 Å². The van der Waals surface area contributed by atoms with E-state index in [1.165, 1.54) is 0 Å². The fraction of sp³-hybridized carbons (Fsp3) is 0.222. The van der Waals surface area contributed by atoms with E-state index in [1.54, 1.807) is 25.1 Å². The zero-order valence-electron chi connectivity index (χ0n) is 8.99. The molecule has 8 heteroatoms. The quantitative estimate of drug-likeness (QED) is 0.818. The summed E-state index contributed by atoms with van der Waals surface area (Å²) in [5.74, 6) is 0. The van der Waals surface area contributed by atoms with Crippen molar-refractivity contribution in [2.75, 3.05) is 11.6 Å². The van der Waals surface area contributed by atoms with Crippen molar-refractivity contribution in [3.05, 3.63) is 18.2 Å². The average molecular weight is 273 g/mol. The number of hydrogen-bond donors (Lipinski definition) is 2. The Hall–Kier alpha value is -1.22. The van der Waals surface area contributed by atoms with Crippen molar-refractivity contribution in [3.8, 4) is 0 Å². The van der Waals surface area contributed by atoms with Crippen molar-refractivity contribution in [1.82, 2.24) is 4.98 Å². The molecule has 0 amide bonds. The highest BCUT2D eigenvalue weighted by Crippen LogP contribution is 2.27. The van der Waals surface area contributed by atoms with Crippen LogP contribution < -0.4 is 10.2 Å². The van der Waals surface area contributed by atoms with Crippen LogP contribution in [-0.4, -0.2) is 25.2 Å². The lowest BCUT2D eigenvalue weighted by atomic mass is 10.3. The van der Waals surface area contributed by atoms with E-state index in [0.717, 1.165) is 16.4 Å². The first-order valence-electron chi connectivity index (χ1n) is 4.81. The highest BCUT2D eigenvalue weighted by molar-refractivity contribution is 7.91. The van der Waals surface area contributed by atoms with Crippen molar-refractivity contribution in [1.29, 1.82) is 0 Å². The highest BCUT2D eigenvalue weighted by atomic mass is 32.2. The van der Waals surface area contributed by atoms with Gasteiger partial charge in [-0.15, -0.1) is 11.3 Å². The molecule has 6 nitrogen and oxygen atoms in total. The van der Waals surface area contributed by atoms with Gasteiger partial charge in [0.2, 0.25) is 4.34 Å². The minimum absolute atomic E-state index is 0.120. The molecule has 0 radical (unpaired) electrons. The molecule has 0 saturated carbocycles. The number of hydroxylamine groups is 1. The molecule has 0 aliphatic heterocycles. The molecule has 0 saturated heterocycles. The van der Waals surface area contributed by atoms with Crippen molar-refractivity contribution >= 4 is 37.3 Å². The predicted octanol–water partition coefficient (Wildman–Crippen LogP) is 1.16. The SMILES string of the molecule is CCN(O)c1ccc2sc(S(N)(=O)=O)nc2c1. The molecule has 1 aromatic heterocycles. The number of aromatic nitrogens is 1. The number of primary sulfonamides is 1. The van der Waals surface area contributed by atoms with Gasteiger partial charge in [0, 0.05) is 6.54 Å². The third-order valence-corrected chi connectivity index (χ3v) is 4.55. The second-order valence-corrected chi connectivity index (χ2v) is 6.16. The molecule has 0 bridgehead atoms. The molecule has 1 aromatic carbocycles. The predicted molar refractivity (Wildman–Crippen MR) is 65.8 cm³/mol. The zero-order valence-corrected chi connectivity index (χ0v) is 10.6. The molecule has 0 atom stereocenters. The number of thiazole rings is 1. The Morgan fingerprint density at radius 2 is 2.24 bits per heavy atom. The summed E-state index contributed by atoms with van der Waals surface area (Å²) in [6, 6.07) is 5.01. The third-order valence-electron chi connectivity index (χ3n) is 2.19. The van der Waals surface area contributed by atoms with Crippen molar-refractivity contribution in [2.24, 2.45) is 5.14 Å². The fourth-order valence-electron chi connectivity index (χ4n) is 1.36. The topological polar surface area (TPSA) is 96.5 Å². The van der Waals surface area contributed by atoms with E-state index in [2.05, 4.69) is 4.98 Å². The number of nitrogens with zero attached hydrogens (tertiary/aromatic N) is 2. The van der Waals surface area contributed by atoms with Crippen LogP contribution in [0, 0.1) is 0 Å². The van der Waals surface area contributed by atoms with Crippen LogP contribution in [0.4, 0.5) is 5.69 Å². The Bertz CT molecular complexity index is 651. The van der Waals surface area contributed by atoms with Gasteiger partial charge in [0.1, 0.15) is 0 Å². The first-order chi connectivity index (χ1) is 7.91. The first-order valence-corrected chi connectivity index (χ1v) is 7.18. The van der Waals surface area contributed by atoms with Crippen LogP contribution in [-0.2, 0) is 10.0 Å². The molecular weight excluding hydrogens is 262 g/mol. The number of fused-ring (bicyclic) bond motifs is 1. The monoisotopic (exact) mass is 273 g/mol. The van der Waals surface area contributed by atoms with Gasteiger partial charge in [0.05, 0.1) is 15.9 Å². The number of nitrogens with two attached hydrogens (primary N) is 1.